The van der Waals surface area contributed by atoms with E-state index in [1.807, 2.05) is 19.0 Å². The maximum atomic E-state index is 10.8. The van der Waals surface area contributed by atoms with Gasteiger partial charge in [0, 0.05) is 0 Å². The Hall–Kier alpha value is -1.40. The van der Waals surface area contributed by atoms with Gasteiger partial charge in [0.05, 0.1) is 26.0 Å². The Kier molecular flexibility index (Phi) is 5.71. The molecular weight excluding hydrogens is 258 g/mol. The lowest BCUT2D eigenvalue weighted by Crippen LogP contribution is -2.48. The molecule has 114 valence electrons. The van der Waals surface area contributed by atoms with Gasteiger partial charge in [-0.05, 0) is 26.9 Å². The molecule has 0 aromatic carbocycles. The molecule has 0 fully saturated rings. The Labute approximate surface area is 120 Å². The van der Waals surface area contributed by atoms with Crippen LogP contribution in [0.3, 0.4) is 0 Å². The molecule has 1 rings (SSSR count). The normalized spacial score (nSPS) is 13.4. The lowest BCUT2D eigenvalue weighted by Gasteiger charge is -2.42. The summed E-state index contributed by atoms with van der Waals surface area (Å²) in [5.41, 5.74) is 0.0296. The van der Waals surface area contributed by atoms with Crippen LogP contribution in [-0.2, 0) is 0 Å². The van der Waals surface area contributed by atoms with Crippen molar-refractivity contribution in [3.05, 3.63) is 11.9 Å². The van der Waals surface area contributed by atoms with E-state index in [-0.39, 0.29) is 0 Å². The zero-order valence-electron chi connectivity index (χ0n) is 13.2. The number of nitrogens with zero attached hydrogens (tertiary/aromatic N) is 3. The average molecular weight is 283 g/mol. The van der Waals surface area contributed by atoms with Crippen LogP contribution in [0.1, 0.15) is 38.5 Å². The molecule has 0 bridgehead atoms. The van der Waals surface area contributed by atoms with E-state index in [2.05, 4.69) is 23.8 Å². The highest BCUT2D eigenvalue weighted by Crippen LogP contribution is 2.38. The molecule has 0 aliphatic heterocycles. The molecule has 1 heterocycles. The van der Waals surface area contributed by atoms with Gasteiger partial charge in [0.2, 0.25) is 11.8 Å². The van der Waals surface area contributed by atoms with Gasteiger partial charge < -0.3 is 19.5 Å². The molecular formula is C14H25N3O3. The largest absolute Gasteiger partial charge is 0.480 e. The molecule has 6 nitrogen and oxygen atoms in total. The number of aliphatic hydroxyl groups excluding tert-OH is 1. The molecule has 1 aromatic rings. The van der Waals surface area contributed by atoms with Gasteiger partial charge in [0.15, 0.2) is 0 Å². The third kappa shape index (κ3) is 2.86. The van der Waals surface area contributed by atoms with Crippen LogP contribution in [0.15, 0.2) is 6.20 Å². The first kappa shape index (κ1) is 16.7. The van der Waals surface area contributed by atoms with Gasteiger partial charge in [-0.3, -0.25) is 0 Å². The zero-order valence-corrected chi connectivity index (χ0v) is 13.2. The van der Waals surface area contributed by atoms with Crippen LogP contribution >= 0.6 is 0 Å². The van der Waals surface area contributed by atoms with Crippen molar-refractivity contribution in [1.29, 1.82) is 0 Å². The van der Waals surface area contributed by atoms with Crippen LogP contribution in [0.4, 0.5) is 0 Å². The number of aliphatic hydroxyl groups is 1. The van der Waals surface area contributed by atoms with E-state index in [0.717, 1.165) is 12.8 Å². The number of aromatic nitrogens is 2. The quantitative estimate of drug-likeness (QED) is 0.820. The summed E-state index contributed by atoms with van der Waals surface area (Å²) in [5.74, 6) is 0.659. The van der Waals surface area contributed by atoms with Gasteiger partial charge in [-0.1, -0.05) is 13.8 Å². The number of rotatable bonds is 7. The van der Waals surface area contributed by atoms with E-state index < -0.39 is 11.6 Å². The van der Waals surface area contributed by atoms with Crippen molar-refractivity contribution in [2.24, 2.45) is 0 Å². The minimum absolute atomic E-state index is 0.296. The minimum atomic E-state index is -0.791. The van der Waals surface area contributed by atoms with Gasteiger partial charge in [-0.25, -0.2) is 4.98 Å². The van der Waals surface area contributed by atoms with Crippen LogP contribution in [0.25, 0.3) is 0 Å². The molecule has 0 amide bonds. The predicted molar refractivity (Wildman–Crippen MR) is 77.1 cm³/mol. The van der Waals surface area contributed by atoms with Gasteiger partial charge in [0.25, 0.3) is 0 Å². The van der Waals surface area contributed by atoms with E-state index in [4.69, 9.17) is 9.47 Å². The monoisotopic (exact) mass is 283 g/mol. The molecule has 6 heteroatoms. The van der Waals surface area contributed by atoms with E-state index in [1.165, 1.54) is 20.4 Å². The lowest BCUT2D eigenvalue weighted by molar-refractivity contribution is -0.0190. The summed E-state index contributed by atoms with van der Waals surface area (Å²) in [5, 5.41) is 10.8. The number of hydrogen-bond acceptors (Lipinski definition) is 6. The molecule has 0 aliphatic carbocycles. The van der Waals surface area contributed by atoms with Gasteiger partial charge >= 0.3 is 0 Å². The van der Waals surface area contributed by atoms with E-state index in [1.54, 1.807) is 0 Å². The van der Waals surface area contributed by atoms with Crippen LogP contribution in [0, 0.1) is 0 Å². The third-order valence-electron chi connectivity index (χ3n) is 4.03. The highest BCUT2D eigenvalue weighted by Gasteiger charge is 2.40. The van der Waals surface area contributed by atoms with Crippen molar-refractivity contribution >= 4 is 0 Å². The summed E-state index contributed by atoms with van der Waals surface area (Å²) >= 11 is 0. The molecule has 0 saturated heterocycles. The fraction of sp³-hybridized carbons (Fsp3) is 0.714. The molecule has 1 aromatic heterocycles. The summed E-state index contributed by atoms with van der Waals surface area (Å²) in [4.78, 5) is 10.5. The number of likely N-dealkylation sites (N-methyl/N-ethyl adjacent to an activating group) is 1. The smallest absolute Gasteiger partial charge is 0.241 e. The molecule has 1 unspecified atom stereocenters. The summed E-state index contributed by atoms with van der Waals surface area (Å²) in [6.45, 7) is 4.10. The van der Waals surface area contributed by atoms with E-state index >= 15 is 0 Å². The molecule has 0 spiro atoms. The SMILES string of the molecule is CCC(CC)(C(O)c1ncc(OC)nc1OC)N(C)C. The topological polar surface area (TPSA) is 67.7 Å². The maximum absolute atomic E-state index is 10.8. The van der Waals surface area contributed by atoms with Crippen LogP contribution in [0.5, 0.6) is 11.8 Å². The predicted octanol–water partition coefficient (Wildman–Crippen LogP) is 1.65. The molecule has 0 saturated carbocycles. The van der Waals surface area contributed by atoms with Crippen molar-refractivity contribution in [3.8, 4) is 11.8 Å². The van der Waals surface area contributed by atoms with Crippen molar-refractivity contribution in [3.63, 3.8) is 0 Å². The molecule has 0 aliphatic rings. The third-order valence-corrected chi connectivity index (χ3v) is 4.03. The van der Waals surface area contributed by atoms with Crippen LogP contribution in [-0.4, -0.2) is 53.8 Å². The zero-order chi connectivity index (χ0) is 15.3. The second kappa shape index (κ2) is 6.85. The van der Waals surface area contributed by atoms with Gasteiger partial charge in [-0.2, -0.15) is 4.98 Å². The Bertz CT molecular complexity index is 434. The fourth-order valence-electron chi connectivity index (χ4n) is 2.57. The second-order valence-corrected chi connectivity index (χ2v) is 4.91. The Balaban J connectivity index is 3.28. The van der Waals surface area contributed by atoms with Crippen LogP contribution in [0.2, 0.25) is 0 Å². The van der Waals surface area contributed by atoms with Crippen molar-refractivity contribution in [2.45, 2.75) is 38.3 Å². The summed E-state index contributed by atoms with van der Waals surface area (Å²) in [7, 11) is 6.94. The Morgan fingerprint density at radius 1 is 1.25 bits per heavy atom. The van der Waals surface area contributed by atoms with Crippen molar-refractivity contribution < 1.29 is 14.6 Å². The van der Waals surface area contributed by atoms with Gasteiger partial charge in [-0.15, -0.1) is 0 Å². The summed E-state index contributed by atoms with van der Waals surface area (Å²) in [6, 6.07) is 0. The van der Waals surface area contributed by atoms with E-state index in [9.17, 15) is 5.11 Å². The number of ether oxygens (including phenoxy) is 2. The van der Waals surface area contributed by atoms with E-state index in [0.29, 0.717) is 17.5 Å². The first-order valence-electron chi connectivity index (χ1n) is 6.77. The molecule has 0 radical (unpaired) electrons. The number of hydrogen-bond donors (Lipinski definition) is 1. The fourth-order valence-corrected chi connectivity index (χ4v) is 2.57. The first-order valence-corrected chi connectivity index (χ1v) is 6.77. The second-order valence-electron chi connectivity index (χ2n) is 4.91. The van der Waals surface area contributed by atoms with Crippen molar-refractivity contribution in [2.75, 3.05) is 28.3 Å². The highest BCUT2D eigenvalue weighted by atomic mass is 16.5. The highest BCUT2D eigenvalue weighted by molar-refractivity contribution is 5.27. The summed E-state index contributed by atoms with van der Waals surface area (Å²) < 4.78 is 10.3. The molecule has 1 atom stereocenters. The minimum Gasteiger partial charge on any atom is -0.480 e. The standard InChI is InChI=1S/C14H25N3O3/c1-7-14(8-2,17(3)4)12(18)11-13(20-6)16-10(19-5)9-15-11/h9,12,18H,7-8H2,1-6H3. The Morgan fingerprint density at radius 2 is 1.85 bits per heavy atom. The number of methoxy groups -OCH3 is 2. The maximum Gasteiger partial charge on any atom is 0.241 e. The lowest BCUT2D eigenvalue weighted by atomic mass is 9.83. The summed E-state index contributed by atoms with van der Waals surface area (Å²) in [6.07, 6.45) is 2.27. The Morgan fingerprint density at radius 3 is 2.25 bits per heavy atom. The van der Waals surface area contributed by atoms with Crippen LogP contribution < -0.4 is 9.47 Å². The molecule has 1 N–H and O–H groups in total. The first-order chi connectivity index (χ1) is 9.46. The molecule has 20 heavy (non-hydrogen) atoms. The van der Waals surface area contributed by atoms with Crippen molar-refractivity contribution in [1.82, 2.24) is 14.9 Å². The average Bonchev–Trinajstić information content (AvgIpc) is 2.47. The van der Waals surface area contributed by atoms with Gasteiger partial charge in [0.1, 0.15) is 11.8 Å².